The Hall–Kier alpha value is -1.32. The molecule has 4 atom stereocenters. The quantitative estimate of drug-likeness (QED) is 0.750. The predicted molar refractivity (Wildman–Crippen MR) is 84.0 cm³/mol. The summed E-state index contributed by atoms with van der Waals surface area (Å²) in [5, 5.41) is 0. The van der Waals surface area contributed by atoms with Crippen molar-refractivity contribution in [2.24, 2.45) is 17.8 Å². The molecule has 1 saturated carbocycles. The molecule has 0 aromatic rings. The van der Waals surface area contributed by atoms with Gasteiger partial charge in [0.1, 0.15) is 0 Å². The van der Waals surface area contributed by atoms with E-state index in [1.165, 1.54) is 12.8 Å². The molecule has 2 heterocycles. The molecule has 0 spiro atoms. The van der Waals surface area contributed by atoms with Crippen LogP contribution in [0.5, 0.6) is 0 Å². The molecule has 0 aromatic heterocycles. The lowest BCUT2D eigenvalue weighted by atomic mass is 9.90. The van der Waals surface area contributed by atoms with Gasteiger partial charge in [-0.2, -0.15) is 0 Å². The minimum absolute atomic E-state index is 0.213. The lowest BCUT2D eigenvalue weighted by Gasteiger charge is -2.40. The zero-order valence-electron chi connectivity index (χ0n) is 13.2. The molecule has 2 aliphatic heterocycles. The standard InChI is InChI=1S/C18H26N2O2/c21-17-5-3-8-19(17)12-15-4-1-2-9-20(15)18(22)16-11-13-6-7-14(16)10-13/h6-7,13-16H,1-5,8-12H2/t13-,14-,15+,16+/m0/s1. The summed E-state index contributed by atoms with van der Waals surface area (Å²) in [7, 11) is 0. The number of carbonyl (C=O) groups is 2. The van der Waals surface area contributed by atoms with Crippen molar-refractivity contribution >= 4 is 11.8 Å². The van der Waals surface area contributed by atoms with E-state index in [1.807, 2.05) is 4.90 Å². The van der Waals surface area contributed by atoms with Crippen LogP contribution in [0.3, 0.4) is 0 Å². The number of allylic oxidation sites excluding steroid dienone is 2. The lowest BCUT2D eigenvalue weighted by Crippen LogP contribution is -2.51. The Balaban J connectivity index is 1.45. The van der Waals surface area contributed by atoms with E-state index in [9.17, 15) is 9.59 Å². The van der Waals surface area contributed by atoms with E-state index in [0.717, 1.165) is 45.3 Å². The third-order valence-electron chi connectivity index (χ3n) is 6.11. The first-order chi connectivity index (χ1) is 10.7. The zero-order valence-corrected chi connectivity index (χ0v) is 13.2. The van der Waals surface area contributed by atoms with Gasteiger partial charge in [0.05, 0.1) is 0 Å². The smallest absolute Gasteiger partial charge is 0.226 e. The summed E-state index contributed by atoms with van der Waals surface area (Å²) in [5.41, 5.74) is 0. The summed E-state index contributed by atoms with van der Waals surface area (Å²) in [4.78, 5) is 29.1. The van der Waals surface area contributed by atoms with E-state index in [1.54, 1.807) is 0 Å². The van der Waals surface area contributed by atoms with Gasteiger partial charge in [-0.15, -0.1) is 0 Å². The number of likely N-dealkylation sites (tertiary alicyclic amines) is 2. The number of amides is 2. The maximum atomic E-state index is 13.0. The van der Waals surface area contributed by atoms with Crippen LogP contribution in [0.4, 0.5) is 0 Å². The van der Waals surface area contributed by atoms with Gasteiger partial charge in [0.2, 0.25) is 11.8 Å². The SMILES string of the molecule is O=C1CCCN1C[C@H]1CCCCN1C(=O)[C@@H]1C[C@H]2C=C[C@H]1C2. The van der Waals surface area contributed by atoms with E-state index in [2.05, 4.69) is 17.1 Å². The van der Waals surface area contributed by atoms with Crippen LogP contribution in [0.2, 0.25) is 0 Å². The maximum absolute atomic E-state index is 13.0. The highest BCUT2D eigenvalue weighted by molar-refractivity contribution is 5.81. The summed E-state index contributed by atoms with van der Waals surface area (Å²) in [5.74, 6) is 1.98. The summed E-state index contributed by atoms with van der Waals surface area (Å²) in [6.07, 6.45) is 11.8. The Bertz CT molecular complexity index is 501. The topological polar surface area (TPSA) is 40.6 Å². The number of nitrogens with zero attached hydrogens (tertiary/aromatic N) is 2. The minimum Gasteiger partial charge on any atom is -0.341 e. The van der Waals surface area contributed by atoms with Gasteiger partial charge in [0.15, 0.2) is 0 Å². The third kappa shape index (κ3) is 2.46. The molecule has 2 aliphatic carbocycles. The van der Waals surface area contributed by atoms with Crippen LogP contribution in [0.25, 0.3) is 0 Å². The average Bonchev–Trinajstić information content (AvgIpc) is 3.25. The average molecular weight is 302 g/mol. The first-order valence-electron chi connectivity index (χ1n) is 8.99. The van der Waals surface area contributed by atoms with Crippen molar-refractivity contribution in [2.45, 2.75) is 51.0 Å². The van der Waals surface area contributed by atoms with Crippen molar-refractivity contribution in [1.29, 1.82) is 0 Å². The maximum Gasteiger partial charge on any atom is 0.226 e. The van der Waals surface area contributed by atoms with Crippen LogP contribution in [0.1, 0.15) is 44.9 Å². The van der Waals surface area contributed by atoms with Gasteiger partial charge >= 0.3 is 0 Å². The highest BCUT2D eigenvalue weighted by Crippen LogP contribution is 2.44. The van der Waals surface area contributed by atoms with E-state index in [-0.39, 0.29) is 17.9 Å². The van der Waals surface area contributed by atoms with Crippen molar-refractivity contribution in [2.75, 3.05) is 19.6 Å². The molecule has 2 saturated heterocycles. The second kappa shape index (κ2) is 5.71. The molecule has 22 heavy (non-hydrogen) atoms. The van der Waals surface area contributed by atoms with Gasteiger partial charge in [-0.3, -0.25) is 9.59 Å². The Labute approximate surface area is 132 Å². The normalized spacial score (nSPS) is 37.4. The molecule has 3 fully saturated rings. The second-order valence-electron chi connectivity index (χ2n) is 7.51. The Morgan fingerprint density at radius 2 is 2.05 bits per heavy atom. The van der Waals surface area contributed by atoms with Crippen LogP contribution in [0.15, 0.2) is 12.2 Å². The summed E-state index contributed by atoms with van der Waals surface area (Å²) < 4.78 is 0. The molecular weight excluding hydrogens is 276 g/mol. The molecule has 0 N–H and O–H groups in total. The van der Waals surface area contributed by atoms with Gasteiger partial charge in [0.25, 0.3) is 0 Å². The van der Waals surface area contributed by atoms with Crippen LogP contribution >= 0.6 is 0 Å². The minimum atomic E-state index is 0.213. The van der Waals surface area contributed by atoms with Crippen molar-refractivity contribution in [1.82, 2.24) is 9.80 Å². The molecule has 0 unspecified atom stereocenters. The first-order valence-corrected chi connectivity index (χ1v) is 8.99. The number of rotatable bonds is 3. The predicted octanol–water partition coefficient (Wildman–Crippen LogP) is 2.20. The van der Waals surface area contributed by atoms with E-state index < -0.39 is 0 Å². The van der Waals surface area contributed by atoms with Gasteiger partial charge in [-0.05, 0) is 50.4 Å². The fourth-order valence-corrected chi connectivity index (χ4v) is 4.91. The van der Waals surface area contributed by atoms with E-state index in [0.29, 0.717) is 24.2 Å². The first kappa shape index (κ1) is 14.3. The van der Waals surface area contributed by atoms with Gasteiger partial charge in [0, 0.05) is 38.0 Å². The van der Waals surface area contributed by atoms with Crippen molar-refractivity contribution < 1.29 is 9.59 Å². The number of fused-ring (bicyclic) bond motifs is 2. The van der Waals surface area contributed by atoms with Crippen molar-refractivity contribution in [3.8, 4) is 0 Å². The van der Waals surface area contributed by atoms with E-state index in [4.69, 9.17) is 0 Å². The fraction of sp³-hybridized carbons (Fsp3) is 0.778. The second-order valence-corrected chi connectivity index (χ2v) is 7.51. The highest BCUT2D eigenvalue weighted by atomic mass is 16.2. The molecule has 4 heteroatoms. The van der Waals surface area contributed by atoms with Crippen LogP contribution in [-0.2, 0) is 9.59 Å². The van der Waals surface area contributed by atoms with Gasteiger partial charge < -0.3 is 9.80 Å². The fourth-order valence-electron chi connectivity index (χ4n) is 4.91. The van der Waals surface area contributed by atoms with Crippen LogP contribution in [0, 0.1) is 17.8 Å². The van der Waals surface area contributed by atoms with Gasteiger partial charge in [-0.25, -0.2) is 0 Å². The molecule has 120 valence electrons. The Morgan fingerprint density at radius 1 is 1.14 bits per heavy atom. The highest BCUT2D eigenvalue weighted by Gasteiger charge is 2.43. The summed E-state index contributed by atoms with van der Waals surface area (Å²) in [6.45, 7) is 2.54. The molecule has 2 bridgehead atoms. The zero-order chi connectivity index (χ0) is 15.1. The molecule has 0 radical (unpaired) electrons. The molecule has 2 amide bonds. The van der Waals surface area contributed by atoms with Crippen LogP contribution < -0.4 is 0 Å². The molecule has 0 aromatic carbocycles. The van der Waals surface area contributed by atoms with Gasteiger partial charge in [-0.1, -0.05) is 12.2 Å². The summed E-state index contributed by atoms with van der Waals surface area (Å²) >= 11 is 0. The Kier molecular flexibility index (Phi) is 3.71. The van der Waals surface area contributed by atoms with Crippen LogP contribution in [-0.4, -0.2) is 47.3 Å². The number of hydrogen-bond acceptors (Lipinski definition) is 2. The number of piperidine rings is 1. The Morgan fingerprint density at radius 3 is 2.73 bits per heavy atom. The van der Waals surface area contributed by atoms with E-state index >= 15 is 0 Å². The molecular formula is C18H26N2O2. The monoisotopic (exact) mass is 302 g/mol. The lowest BCUT2D eigenvalue weighted by molar-refractivity contribution is -0.142. The van der Waals surface area contributed by atoms with Crippen molar-refractivity contribution in [3.05, 3.63) is 12.2 Å². The third-order valence-corrected chi connectivity index (χ3v) is 6.11. The largest absolute Gasteiger partial charge is 0.341 e. The molecule has 4 rings (SSSR count). The molecule has 4 aliphatic rings. The number of carbonyl (C=O) groups excluding carboxylic acids is 2. The summed E-state index contributed by atoms with van der Waals surface area (Å²) in [6, 6.07) is 0.256. The molecule has 4 nitrogen and oxygen atoms in total. The van der Waals surface area contributed by atoms with Crippen molar-refractivity contribution in [3.63, 3.8) is 0 Å². The number of hydrogen-bond donors (Lipinski definition) is 0.